The normalized spacial score (nSPS) is 12.4. The SMILES string of the molecule is COc1cc([N+](=O)[O-])cc([C@H](N)CC(F)(F)F)c1O.Cl. The van der Waals surface area contributed by atoms with Crippen LogP contribution in [0.3, 0.4) is 0 Å². The molecular weight excluding hydrogens is 305 g/mol. The highest BCUT2D eigenvalue weighted by molar-refractivity contribution is 5.85. The molecule has 0 aliphatic heterocycles. The van der Waals surface area contributed by atoms with Crippen molar-refractivity contribution in [1.29, 1.82) is 0 Å². The lowest BCUT2D eigenvalue weighted by molar-refractivity contribution is -0.385. The maximum absolute atomic E-state index is 12.2. The molecular formula is C10H12ClF3N2O4. The molecule has 0 saturated heterocycles. The van der Waals surface area contributed by atoms with Gasteiger partial charge in [-0.05, 0) is 0 Å². The van der Waals surface area contributed by atoms with Gasteiger partial charge < -0.3 is 15.6 Å². The summed E-state index contributed by atoms with van der Waals surface area (Å²) in [6.07, 6.45) is -5.96. The van der Waals surface area contributed by atoms with E-state index in [0.29, 0.717) is 0 Å². The minimum Gasteiger partial charge on any atom is -0.504 e. The van der Waals surface area contributed by atoms with Crippen LogP contribution in [0.2, 0.25) is 0 Å². The molecule has 1 rings (SSSR count). The van der Waals surface area contributed by atoms with Crippen molar-refractivity contribution in [3.05, 3.63) is 27.8 Å². The van der Waals surface area contributed by atoms with Gasteiger partial charge in [0.2, 0.25) is 0 Å². The quantitative estimate of drug-likeness (QED) is 0.657. The fourth-order valence-electron chi connectivity index (χ4n) is 1.52. The van der Waals surface area contributed by atoms with Gasteiger partial charge in [0.25, 0.3) is 5.69 Å². The third-order valence-electron chi connectivity index (χ3n) is 2.37. The molecule has 10 heteroatoms. The Morgan fingerprint density at radius 3 is 2.45 bits per heavy atom. The maximum Gasteiger partial charge on any atom is 0.390 e. The van der Waals surface area contributed by atoms with E-state index in [1.807, 2.05) is 0 Å². The topological polar surface area (TPSA) is 98.6 Å². The van der Waals surface area contributed by atoms with Gasteiger partial charge in [-0.2, -0.15) is 13.2 Å². The van der Waals surface area contributed by atoms with Crippen LogP contribution in [-0.2, 0) is 0 Å². The molecule has 0 saturated carbocycles. The lowest BCUT2D eigenvalue weighted by Gasteiger charge is -2.16. The summed E-state index contributed by atoms with van der Waals surface area (Å²) in [6.45, 7) is 0. The zero-order valence-electron chi connectivity index (χ0n) is 10.2. The molecule has 0 amide bonds. The Morgan fingerprint density at radius 1 is 1.50 bits per heavy atom. The number of methoxy groups -OCH3 is 1. The summed E-state index contributed by atoms with van der Waals surface area (Å²) in [5, 5.41) is 20.3. The summed E-state index contributed by atoms with van der Waals surface area (Å²) in [7, 11) is 1.12. The highest BCUT2D eigenvalue weighted by Crippen LogP contribution is 2.40. The number of phenols is 1. The van der Waals surface area contributed by atoms with E-state index in [0.717, 1.165) is 19.2 Å². The van der Waals surface area contributed by atoms with E-state index in [2.05, 4.69) is 4.74 Å². The molecule has 0 bridgehead atoms. The summed E-state index contributed by atoms with van der Waals surface area (Å²) in [5.41, 5.74) is 4.42. The number of nitrogens with zero attached hydrogens (tertiary/aromatic N) is 1. The smallest absolute Gasteiger partial charge is 0.390 e. The third kappa shape index (κ3) is 4.42. The summed E-state index contributed by atoms with van der Waals surface area (Å²) in [5.74, 6) is -0.938. The summed E-state index contributed by atoms with van der Waals surface area (Å²) in [6, 6.07) is 0.0849. The van der Waals surface area contributed by atoms with Crippen molar-refractivity contribution in [3.63, 3.8) is 0 Å². The standard InChI is InChI=1S/C10H11F3N2O4.ClH/c1-19-8-3-5(15(17)18)2-6(9(8)16)7(14)4-10(11,12)13;/h2-3,7,16H,4,14H2,1H3;1H/t7-;/m1./s1. The van der Waals surface area contributed by atoms with Gasteiger partial charge in [0.05, 0.1) is 24.5 Å². The number of nitro groups is 1. The van der Waals surface area contributed by atoms with Gasteiger partial charge in [0.15, 0.2) is 11.5 Å². The molecule has 0 aliphatic carbocycles. The van der Waals surface area contributed by atoms with Gasteiger partial charge in [-0.25, -0.2) is 0 Å². The lowest BCUT2D eigenvalue weighted by Crippen LogP contribution is -2.20. The van der Waals surface area contributed by atoms with Gasteiger partial charge in [-0.3, -0.25) is 10.1 Å². The lowest BCUT2D eigenvalue weighted by atomic mass is 10.0. The third-order valence-corrected chi connectivity index (χ3v) is 2.37. The first-order valence-corrected chi connectivity index (χ1v) is 5.03. The number of aromatic hydroxyl groups is 1. The molecule has 0 unspecified atom stereocenters. The van der Waals surface area contributed by atoms with Crippen LogP contribution in [-0.4, -0.2) is 23.3 Å². The molecule has 1 atom stereocenters. The highest BCUT2D eigenvalue weighted by atomic mass is 35.5. The van der Waals surface area contributed by atoms with Crippen LogP contribution >= 0.6 is 12.4 Å². The first-order chi connectivity index (χ1) is 8.65. The van der Waals surface area contributed by atoms with Gasteiger partial charge >= 0.3 is 6.18 Å². The van der Waals surface area contributed by atoms with Crippen LogP contribution in [0.5, 0.6) is 11.5 Å². The number of nitro benzene ring substituents is 1. The number of alkyl halides is 3. The number of halogens is 4. The second-order valence-corrected chi connectivity index (χ2v) is 3.77. The van der Waals surface area contributed by atoms with E-state index in [4.69, 9.17) is 5.73 Å². The largest absolute Gasteiger partial charge is 0.504 e. The Kier molecular flexibility index (Phi) is 6.04. The number of non-ortho nitro benzene ring substituents is 1. The number of hydrogen-bond donors (Lipinski definition) is 2. The predicted molar refractivity (Wildman–Crippen MR) is 66.2 cm³/mol. The van der Waals surface area contributed by atoms with Gasteiger partial charge in [0, 0.05) is 17.7 Å². The molecule has 0 aromatic heterocycles. The first kappa shape index (κ1) is 18.3. The van der Waals surface area contributed by atoms with Crippen molar-refractivity contribution in [2.45, 2.75) is 18.6 Å². The average molecular weight is 317 g/mol. The second kappa shape index (κ2) is 6.62. The minimum absolute atomic E-state index is 0. The first-order valence-electron chi connectivity index (χ1n) is 5.03. The van der Waals surface area contributed by atoms with Crippen LogP contribution in [0.25, 0.3) is 0 Å². The summed E-state index contributed by atoms with van der Waals surface area (Å²) in [4.78, 5) is 9.83. The number of nitrogens with two attached hydrogens (primary N) is 1. The minimum atomic E-state index is -4.55. The van der Waals surface area contributed by atoms with E-state index in [1.54, 1.807) is 0 Å². The van der Waals surface area contributed by atoms with Crippen molar-refractivity contribution in [1.82, 2.24) is 0 Å². The van der Waals surface area contributed by atoms with Gasteiger partial charge in [0.1, 0.15) is 0 Å². The Hall–Kier alpha value is -1.74. The van der Waals surface area contributed by atoms with E-state index < -0.39 is 35.0 Å². The summed E-state index contributed by atoms with van der Waals surface area (Å²) < 4.78 is 41.4. The Morgan fingerprint density at radius 2 is 2.05 bits per heavy atom. The van der Waals surface area contributed by atoms with E-state index in [1.165, 1.54) is 0 Å². The molecule has 0 radical (unpaired) electrons. The van der Waals surface area contributed by atoms with Crippen molar-refractivity contribution in [2.24, 2.45) is 5.73 Å². The molecule has 0 aliphatic rings. The highest BCUT2D eigenvalue weighted by Gasteiger charge is 2.33. The molecule has 1 aromatic rings. The molecule has 6 nitrogen and oxygen atoms in total. The van der Waals surface area contributed by atoms with Gasteiger partial charge in [-0.1, -0.05) is 0 Å². The fourth-order valence-corrected chi connectivity index (χ4v) is 1.52. The number of benzene rings is 1. The van der Waals surface area contributed by atoms with E-state index >= 15 is 0 Å². The average Bonchev–Trinajstić information content (AvgIpc) is 2.26. The Balaban J connectivity index is 0.00000361. The van der Waals surface area contributed by atoms with E-state index in [9.17, 15) is 28.4 Å². The van der Waals surface area contributed by atoms with Gasteiger partial charge in [-0.15, -0.1) is 12.4 Å². The predicted octanol–water partition coefficient (Wildman–Crippen LogP) is 2.68. The molecule has 114 valence electrons. The molecule has 0 heterocycles. The van der Waals surface area contributed by atoms with E-state index in [-0.39, 0.29) is 23.7 Å². The van der Waals surface area contributed by atoms with Crippen LogP contribution in [0, 0.1) is 10.1 Å². The maximum atomic E-state index is 12.2. The van der Waals surface area contributed by atoms with Crippen LogP contribution in [0.15, 0.2) is 12.1 Å². The van der Waals surface area contributed by atoms with Crippen molar-refractivity contribution in [3.8, 4) is 11.5 Å². The number of hydrogen-bond acceptors (Lipinski definition) is 5. The summed E-state index contributed by atoms with van der Waals surface area (Å²) >= 11 is 0. The molecule has 1 aromatic carbocycles. The van der Waals surface area contributed by atoms with Crippen molar-refractivity contribution in [2.75, 3.05) is 7.11 Å². The Bertz CT molecular complexity index is 496. The second-order valence-electron chi connectivity index (χ2n) is 3.77. The number of phenolic OH excluding ortho intramolecular Hbond substituents is 1. The Labute approximate surface area is 117 Å². The van der Waals surface area contributed by atoms with Crippen LogP contribution < -0.4 is 10.5 Å². The number of rotatable bonds is 4. The van der Waals surface area contributed by atoms with Crippen molar-refractivity contribution >= 4 is 18.1 Å². The molecule has 0 spiro atoms. The zero-order chi connectivity index (χ0) is 14.8. The molecule has 0 fully saturated rings. The van der Waals surface area contributed by atoms with Crippen LogP contribution in [0.1, 0.15) is 18.0 Å². The number of ether oxygens (including phenoxy) is 1. The van der Waals surface area contributed by atoms with Crippen LogP contribution in [0.4, 0.5) is 18.9 Å². The molecule has 3 N–H and O–H groups in total. The zero-order valence-corrected chi connectivity index (χ0v) is 11.0. The van der Waals surface area contributed by atoms with Crippen molar-refractivity contribution < 1.29 is 27.9 Å². The molecule has 20 heavy (non-hydrogen) atoms. The fraction of sp³-hybridized carbons (Fsp3) is 0.400. The monoisotopic (exact) mass is 316 g/mol.